The van der Waals surface area contributed by atoms with Crippen molar-refractivity contribution in [1.29, 1.82) is 0 Å². The van der Waals surface area contributed by atoms with E-state index in [1.165, 1.54) is 16.7 Å². The van der Waals surface area contributed by atoms with Gasteiger partial charge in [0.25, 0.3) is 11.8 Å². The Labute approximate surface area is 172 Å². The van der Waals surface area contributed by atoms with Crippen LogP contribution in [0.2, 0.25) is 5.02 Å². The molecule has 1 aliphatic rings. The molecule has 28 heavy (non-hydrogen) atoms. The van der Waals surface area contributed by atoms with Crippen LogP contribution in [0.5, 0.6) is 0 Å². The molecule has 1 aliphatic heterocycles. The fourth-order valence-corrected chi connectivity index (χ4v) is 4.25. The van der Waals surface area contributed by atoms with Crippen LogP contribution in [0.15, 0.2) is 89.8 Å². The predicted molar refractivity (Wildman–Crippen MR) is 115 cm³/mol. The molecular weight excluding hydrogens is 390 g/mol. The highest BCUT2D eigenvalue weighted by molar-refractivity contribution is 8.03. The molecular formula is C23H16ClNO2S. The van der Waals surface area contributed by atoms with E-state index in [-0.39, 0.29) is 11.8 Å². The van der Waals surface area contributed by atoms with Crippen molar-refractivity contribution in [2.75, 3.05) is 4.90 Å². The van der Waals surface area contributed by atoms with E-state index in [4.69, 9.17) is 11.6 Å². The van der Waals surface area contributed by atoms with Crippen molar-refractivity contribution < 1.29 is 9.59 Å². The van der Waals surface area contributed by atoms with E-state index >= 15 is 0 Å². The van der Waals surface area contributed by atoms with Gasteiger partial charge in [0, 0.05) is 10.8 Å². The average Bonchev–Trinajstić information content (AvgIpc) is 2.98. The van der Waals surface area contributed by atoms with Gasteiger partial charge in [0.1, 0.15) is 0 Å². The van der Waals surface area contributed by atoms with Gasteiger partial charge in [-0.2, -0.15) is 0 Å². The number of halogens is 1. The van der Waals surface area contributed by atoms with Crippen molar-refractivity contribution in [3.63, 3.8) is 0 Å². The van der Waals surface area contributed by atoms with Crippen LogP contribution in [0.3, 0.4) is 0 Å². The molecule has 0 spiro atoms. The maximum Gasteiger partial charge on any atom is 0.272 e. The molecule has 0 atom stereocenters. The molecule has 0 saturated carbocycles. The first-order chi connectivity index (χ1) is 13.6. The van der Waals surface area contributed by atoms with Crippen molar-refractivity contribution in [2.45, 2.75) is 5.75 Å². The zero-order valence-electron chi connectivity index (χ0n) is 14.8. The van der Waals surface area contributed by atoms with Gasteiger partial charge in [-0.1, -0.05) is 72.3 Å². The summed E-state index contributed by atoms with van der Waals surface area (Å²) in [4.78, 5) is 28.1. The summed E-state index contributed by atoms with van der Waals surface area (Å²) in [6.45, 7) is 0. The molecule has 3 aromatic carbocycles. The first kappa shape index (κ1) is 18.5. The second kappa shape index (κ2) is 8.05. The lowest BCUT2D eigenvalue weighted by Gasteiger charge is -2.15. The maximum absolute atomic E-state index is 13.2. The Morgan fingerprint density at radius 3 is 2.00 bits per heavy atom. The number of carbonyl (C=O) groups is 2. The van der Waals surface area contributed by atoms with Crippen LogP contribution in [0, 0.1) is 0 Å². The number of amides is 2. The van der Waals surface area contributed by atoms with E-state index in [9.17, 15) is 9.59 Å². The lowest BCUT2D eigenvalue weighted by atomic mass is 10.1. The summed E-state index contributed by atoms with van der Waals surface area (Å²) in [6.07, 6.45) is 0. The van der Waals surface area contributed by atoms with Crippen LogP contribution in [0.1, 0.15) is 11.1 Å². The zero-order valence-corrected chi connectivity index (χ0v) is 16.4. The molecule has 1 heterocycles. The van der Waals surface area contributed by atoms with Crippen LogP contribution in [-0.4, -0.2) is 11.8 Å². The Hall–Kier alpha value is -2.82. The summed E-state index contributed by atoms with van der Waals surface area (Å²) in [6, 6.07) is 25.9. The van der Waals surface area contributed by atoms with Crippen LogP contribution in [0.25, 0.3) is 5.57 Å². The molecule has 3 aromatic rings. The highest BCUT2D eigenvalue weighted by Crippen LogP contribution is 2.39. The molecule has 5 heteroatoms. The van der Waals surface area contributed by atoms with Crippen LogP contribution in [0.4, 0.5) is 5.69 Å². The van der Waals surface area contributed by atoms with Gasteiger partial charge in [-0.25, -0.2) is 4.90 Å². The third kappa shape index (κ3) is 3.61. The summed E-state index contributed by atoms with van der Waals surface area (Å²) in [5, 5.41) is 0.583. The van der Waals surface area contributed by atoms with E-state index in [0.717, 1.165) is 5.56 Å². The van der Waals surface area contributed by atoms with Gasteiger partial charge in [-0.3, -0.25) is 9.59 Å². The normalized spacial score (nSPS) is 14.1. The number of benzene rings is 3. The Morgan fingerprint density at radius 2 is 1.36 bits per heavy atom. The predicted octanol–water partition coefficient (Wildman–Crippen LogP) is 5.56. The summed E-state index contributed by atoms with van der Waals surface area (Å²) in [7, 11) is 0. The van der Waals surface area contributed by atoms with E-state index in [2.05, 4.69) is 0 Å². The topological polar surface area (TPSA) is 37.4 Å². The highest BCUT2D eigenvalue weighted by atomic mass is 35.5. The molecule has 0 saturated heterocycles. The van der Waals surface area contributed by atoms with Crippen LogP contribution >= 0.6 is 23.4 Å². The molecule has 0 radical (unpaired) electrons. The minimum absolute atomic E-state index is 0.290. The molecule has 0 unspecified atom stereocenters. The van der Waals surface area contributed by atoms with E-state index in [1.54, 1.807) is 36.4 Å². The SMILES string of the molecule is O=C1C(SCc2ccccc2)=C(c2ccc(Cl)cc2)C(=O)N1c1ccccc1. The standard InChI is InChI=1S/C23H16ClNO2S/c24-18-13-11-17(12-14-18)20-21(28-15-16-7-3-1-4-8-16)23(27)25(22(20)26)19-9-5-2-6-10-19/h1-14H,15H2. The third-order valence-electron chi connectivity index (χ3n) is 4.41. The molecule has 0 aromatic heterocycles. The summed E-state index contributed by atoms with van der Waals surface area (Å²) in [5.74, 6) is 0.00529. The van der Waals surface area contributed by atoms with E-state index < -0.39 is 0 Å². The second-order valence-corrected chi connectivity index (χ2v) is 7.69. The number of anilines is 1. The quantitative estimate of drug-likeness (QED) is 0.521. The van der Waals surface area contributed by atoms with Gasteiger partial charge >= 0.3 is 0 Å². The molecule has 0 N–H and O–H groups in total. The fourth-order valence-electron chi connectivity index (χ4n) is 3.06. The van der Waals surface area contributed by atoms with Crippen molar-refractivity contribution >= 4 is 46.4 Å². The minimum Gasteiger partial charge on any atom is -0.268 e. The molecule has 4 rings (SSSR count). The molecule has 2 amide bonds. The fraction of sp³-hybridized carbons (Fsp3) is 0.0435. The third-order valence-corrected chi connectivity index (χ3v) is 5.81. The first-order valence-corrected chi connectivity index (χ1v) is 10.1. The molecule has 0 bridgehead atoms. The van der Waals surface area contributed by atoms with Gasteiger partial charge in [-0.05, 0) is 35.4 Å². The van der Waals surface area contributed by atoms with E-state index in [0.29, 0.717) is 32.5 Å². The number of thioether (sulfide) groups is 1. The van der Waals surface area contributed by atoms with Crippen LogP contribution < -0.4 is 4.90 Å². The zero-order chi connectivity index (χ0) is 19.5. The largest absolute Gasteiger partial charge is 0.272 e. The summed E-state index contributed by atoms with van der Waals surface area (Å²) >= 11 is 7.39. The smallest absolute Gasteiger partial charge is 0.268 e. The number of para-hydroxylation sites is 1. The van der Waals surface area contributed by atoms with Crippen LogP contribution in [-0.2, 0) is 15.3 Å². The maximum atomic E-state index is 13.2. The average molecular weight is 406 g/mol. The second-order valence-electron chi connectivity index (χ2n) is 6.27. The minimum atomic E-state index is -0.311. The molecule has 0 aliphatic carbocycles. The van der Waals surface area contributed by atoms with E-state index in [1.807, 2.05) is 48.5 Å². The number of imide groups is 1. The number of hydrogen-bond acceptors (Lipinski definition) is 3. The van der Waals surface area contributed by atoms with Gasteiger partial charge in [0.15, 0.2) is 0 Å². The first-order valence-electron chi connectivity index (χ1n) is 8.76. The number of hydrogen-bond donors (Lipinski definition) is 0. The lowest BCUT2D eigenvalue weighted by Crippen LogP contribution is -2.31. The highest BCUT2D eigenvalue weighted by Gasteiger charge is 2.40. The Balaban J connectivity index is 1.74. The Kier molecular flexibility index (Phi) is 5.33. The van der Waals surface area contributed by atoms with Crippen molar-refractivity contribution in [3.05, 3.63) is 106 Å². The van der Waals surface area contributed by atoms with Gasteiger partial charge < -0.3 is 0 Å². The molecule has 0 fully saturated rings. The lowest BCUT2D eigenvalue weighted by molar-refractivity contribution is -0.119. The summed E-state index contributed by atoms with van der Waals surface area (Å²) < 4.78 is 0. The molecule has 138 valence electrons. The van der Waals surface area contributed by atoms with Gasteiger partial charge in [-0.15, -0.1) is 11.8 Å². The number of nitrogens with zero attached hydrogens (tertiary/aromatic N) is 1. The van der Waals surface area contributed by atoms with Crippen molar-refractivity contribution in [3.8, 4) is 0 Å². The number of carbonyl (C=O) groups excluding carboxylic acids is 2. The van der Waals surface area contributed by atoms with Crippen molar-refractivity contribution in [2.24, 2.45) is 0 Å². The Morgan fingerprint density at radius 1 is 0.750 bits per heavy atom. The Bertz CT molecular complexity index is 1050. The number of rotatable bonds is 5. The summed E-state index contributed by atoms with van der Waals surface area (Å²) in [5.41, 5.74) is 2.77. The van der Waals surface area contributed by atoms with Gasteiger partial charge in [0.05, 0.1) is 16.2 Å². The molecule has 3 nitrogen and oxygen atoms in total. The van der Waals surface area contributed by atoms with Gasteiger partial charge in [0.2, 0.25) is 0 Å². The van der Waals surface area contributed by atoms with Crippen molar-refractivity contribution in [1.82, 2.24) is 0 Å². The monoisotopic (exact) mass is 405 g/mol.